The number of carbonyl (C=O) groups is 3. The molecule has 0 aromatic rings. The van der Waals surface area contributed by atoms with Crippen molar-refractivity contribution in [1.82, 2.24) is 10.6 Å². The van der Waals surface area contributed by atoms with Crippen molar-refractivity contribution in [2.75, 3.05) is 25.4 Å². The Balaban J connectivity index is 3.94. The Bertz CT molecular complexity index is 532. The zero-order chi connectivity index (χ0) is 21.6. The maximum Gasteiger partial charge on any atom is 0.694 e. The lowest BCUT2D eigenvalue weighted by Crippen LogP contribution is -2.46. The van der Waals surface area contributed by atoms with Gasteiger partial charge in [0.25, 0.3) is 0 Å². The first-order valence-electron chi connectivity index (χ1n) is 9.27. The van der Waals surface area contributed by atoms with Gasteiger partial charge >= 0.3 is 8.25 Å². The number of aliphatic hydroxyl groups is 1. The van der Waals surface area contributed by atoms with Gasteiger partial charge in [-0.2, -0.15) is 0 Å². The van der Waals surface area contributed by atoms with E-state index >= 15 is 0 Å². The summed E-state index contributed by atoms with van der Waals surface area (Å²) in [4.78, 5) is 43.9. The van der Waals surface area contributed by atoms with E-state index in [4.69, 9.17) is 4.89 Å². The number of carbonyl (C=O) groups excluding carboxylic acids is 3. The van der Waals surface area contributed by atoms with Crippen molar-refractivity contribution in [2.24, 2.45) is 5.41 Å². The van der Waals surface area contributed by atoms with Gasteiger partial charge in [-0.25, -0.2) is 0 Å². The summed E-state index contributed by atoms with van der Waals surface area (Å²) in [7, 11) is -2.81. The third-order valence-corrected chi connectivity index (χ3v) is 5.14. The number of thioether (sulfide) groups is 1. The van der Waals surface area contributed by atoms with E-state index in [1.165, 1.54) is 25.6 Å². The van der Waals surface area contributed by atoms with E-state index < -0.39 is 25.7 Å². The van der Waals surface area contributed by atoms with Gasteiger partial charge in [-0.3, -0.25) is 14.4 Å². The van der Waals surface area contributed by atoms with Crippen LogP contribution >= 0.6 is 20.0 Å². The van der Waals surface area contributed by atoms with Gasteiger partial charge in [-0.1, -0.05) is 45.4 Å². The van der Waals surface area contributed by atoms with Gasteiger partial charge < -0.3 is 15.7 Å². The van der Waals surface area contributed by atoms with Crippen molar-refractivity contribution in [2.45, 2.75) is 59.0 Å². The van der Waals surface area contributed by atoms with Crippen LogP contribution in [0.15, 0.2) is 0 Å². The van der Waals surface area contributed by atoms with Gasteiger partial charge in [-0.05, 0) is 6.42 Å². The lowest BCUT2D eigenvalue weighted by atomic mass is 9.87. The molecule has 0 aliphatic heterocycles. The zero-order valence-corrected chi connectivity index (χ0v) is 18.4. The van der Waals surface area contributed by atoms with Gasteiger partial charge in [0.05, 0.1) is 0 Å². The monoisotopic (exact) mass is 439 g/mol. The standard InChI is InChI=1S/C17H31N2O7PS/c1-4-5-6-7-14(21)28-11-10-18-13(20)8-9-19-16(23)15(22)17(2,3)12-26-27(24)25/h15,22H,4-12H2,1-3H3,(H2-,18,19,20,23,24,25)/p+1. The molecule has 9 nitrogen and oxygen atoms in total. The fourth-order valence-corrected chi connectivity index (χ4v) is 3.25. The second kappa shape index (κ2) is 14.9. The molecule has 28 heavy (non-hydrogen) atoms. The molecule has 4 N–H and O–H groups in total. The van der Waals surface area contributed by atoms with Crippen LogP contribution in [-0.2, 0) is 23.5 Å². The first-order valence-corrected chi connectivity index (χ1v) is 11.4. The first kappa shape index (κ1) is 26.9. The molecule has 2 atom stereocenters. The minimum atomic E-state index is -2.81. The predicted octanol–water partition coefficient (Wildman–Crippen LogP) is 1.50. The Kier molecular flexibility index (Phi) is 14.3. The van der Waals surface area contributed by atoms with Crippen LogP contribution in [0.2, 0.25) is 0 Å². The summed E-state index contributed by atoms with van der Waals surface area (Å²) in [5.41, 5.74) is -1.07. The summed E-state index contributed by atoms with van der Waals surface area (Å²) in [5, 5.41) is 15.3. The van der Waals surface area contributed by atoms with Crippen molar-refractivity contribution in [3.63, 3.8) is 0 Å². The topological polar surface area (TPSA) is 142 Å². The maximum absolute atomic E-state index is 11.9. The molecule has 0 aliphatic rings. The summed E-state index contributed by atoms with van der Waals surface area (Å²) in [6.45, 7) is 5.24. The van der Waals surface area contributed by atoms with Crippen molar-refractivity contribution in [3.8, 4) is 0 Å². The van der Waals surface area contributed by atoms with Crippen molar-refractivity contribution in [1.29, 1.82) is 0 Å². The number of aliphatic hydroxyl groups excluding tert-OH is 1. The fraction of sp³-hybridized carbons (Fsp3) is 0.824. The van der Waals surface area contributed by atoms with Crippen LogP contribution in [0.4, 0.5) is 0 Å². The van der Waals surface area contributed by atoms with Crippen LogP contribution in [0.25, 0.3) is 0 Å². The molecular weight excluding hydrogens is 407 g/mol. The van der Waals surface area contributed by atoms with Gasteiger partial charge in [0.15, 0.2) is 5.12 Å². The fourth-order valence-electron chi connectivity index (χ4n) is 2.09. The Morgan fingerprint density at radius 3 is 2.43 bits per heavy atom. The third kappa shape index (κ3) is 13.2. The number of unbranched alkanes of at least 4 members (excludes halogenated alkanes) is 2. The summed E-state index contributed by atoms with van der Waals surface area (Å²) < 4.78 is 15.1. The average Bonchev–Trinajstić information content (AvgIpc) is 2.63. The lowest BCUT2D eigenvalue weighted by molar-refractivity contribution is -0.136. The highest BCUT2D eigenvalue weighted by Crippen LogP contribution is 2.26. The molecule has 0 heterocycles. The molecular formula is C17H32N2O7PS+. The molecule has 2 amide bonds. The quantitative estimate of drug-likeness (QED) is 0.222. The number of hydrogen-bond donors (Lipinski definition) is 4. The molecule has 162 valence electrons. The maximum atomic E-state index is 11.9. The second-order valence-electron chi connectivity index (χ2n) is 6.97. The largest absolute Gasteiger partial charge is 0.694 e. The van der Waals surface area contributed by atoms with Crippen molar-refractivity contribution >= 4 is 36.9 Å². The third-order valence-electron chi connectivity index (χ3n) is 3.86. The SMILES string of the molecule is CCCCCC(=O)SCCNC(=O)CCNC(=O)C(O)C(C)(C)CO[P+](=O)O. The highest BCUT2D eigenvalue weighted by atomic mass is 32.2. The molecule has 0 aliphatic carbocycles. The van der Waals surface area contributed by atoms with Crippen molar-refractivity contribution < 1.29 is 33.5 Å². The van der Waals surface area contributed by atoms with Gasteiger partial charge in [0, 0.05) is 41.7 Å². The van der Waals surface area contributed by atoms with Crippen LogP contribution in [0.1, 0.15) is 52.9 Å². The van der Waals surface area contributed by atoms with E-state index in [-0.39, 0.29) is 30.6 Å². The number of nitrogens with one attached hydrogen (secondary N) is 2. The summed E-state index contributed by atoms with van der Waals surface area (Å²) >= 11 is 1.20. The van der Waals surface area contributed by atoms with E-state index in [0.29, 0.717) is 18.7 Å². The average molecular weight is 439 g/mol. The molecule has 0 aromatic heterocycles. The number of amides is 2. The molecule has 0 saturated carbocycles. The summed E-state index contributed by atoms with van der Waals surface area (Å²) in [6, 6.07) is 0. The molecule has 0 spiro atoms. The minimum absolute atomic E-state index is 0.0347. The molecule has 11 heteroatoms. The highest BCUT2D eigenvalue weighted by Gasteiger charge is 2.36. The number of rotatable bonds is 15. The zero-order valence-electron chi connectivity index (χ0n) is 16.7. The van der Waals surface area contributed by atoms with Gasteiger partial charge in [-0.15, -0.1) is 9.42 Å². The van der Waals surface area contributed by atoms with Crippen molar-refractivity contribution in [3.05, 3.63) is 0 Å². The van der Waals surface area contributed by atoms with Crippen LogP contribution in [0, 0.1) is 5.41 Å². The smallest absolute Gasteiger partial charge is 0.383 e. The van der Waals surface area contributed by atoms with Crippen LogP contribution < -0.4 is 10.6 Å². The molecule has 0 fully saturated rings. The van der Waals surface area contributed by atoms with Crippen LogP contribution in [-0.4, -0.2) is 58.5 Å². The van der Waals surface area contributed by atoms with Crippen LogP contribution in [0.3, 0.4) is 0 Å². The van der Waals surface area contributed by atoms with Crippen LogP contribution in [0.5, 0.6) is 0 Å². The first-order chi connectivity index (χ1) is 13.1. The Hall–Kier alpha value is -1.06. The molecule has 0 aromatic carbocycles. The Morgan fingerprint density at radius 1 is 1.14 bits per heavy atom. The second-order valence-corrected chi connectivity index (χ2v) is 8.86. The molecule has 0 rings (SSSR count). The highest BCUT2D eigenvalue weighted by molar-refractivity contribution is 8.13. The van der Waals surface area contributed by atoms with E-state index in [2.05, 4.69) is 22.1 Å². The van der Waals surface area contributed by atoms with E-state index in [0.717, 1.165) is 19.3 Å². The Labute approximate surface area is 171 Å². The van der Waals surface area contributed by atoms with Gasteiger partial charge in [0.2, 0.25) is 11.8 Å². The molecule has 0 radical (unpaired) electrons. The van der Waals surface area contributed by atoms with E-state index in [1.54, 1.807) is 0 Å². The molecule has 0 saturated heterocycles. The lowest BCUT2D eigenvalue weighted by Gasteiger charge is -2.26. The minimum Gasteiger partial charge on any atom is -0.383 e. The summed E-state index contributed by atoms with van der Waals surface area (Å²) in [6.07, 6.45) is 2.12. The van der Waals surface area contributed by atoms with E-state index in [1.807, 2.05) is 0 Å². The normalized spacial score (nSPS) is 13.0. The Morgan fingerprint density at radius 2 is 1.82 bits per heavy atom. The van der Waals surface area contributed by atoms with Gasteiger partial charge in [0.1, 0.15) is 12.7 Å². The number of hydrogen-bond acceptors (Lipinski definition) is 7. The van der Waals surface area contributed by atoms with E-state index in [9.17, 15) is 24.1 Å². The molecule has 0 bridgehead atoms. The summed E-state index contributed by atoms with van der Waals surface area (Å²) in [5.74, 6) is -0.459. The molecule has 2 unspecified atom stereocenters. The predicted molar refractivity (Wildman–Crippen MR) is 108 cm³/mol.